The number of ether oxygens (including phenoxy) is 1. The lowest BCUT2D eigenvalue weighted by Crippen LogP contribution is -1.90. The molecule has 0 unspecified atom stereocenters. The van der Waals surface area contributed by atoms with Crippen LogP contribution in [0, 0.1) is 5.82 Å². The lowest BCUT2D eigenvalue weighted by atomic mass is 10.2. The van der Waals surface area contributed by atoms with Crippen LogP contribution in [0.4, 0.5) is 4.39 Å². The Morgan fingerprint density at radius 3 is 2.75 bits per heavy atom. The molecule has 0 aliphatic heterocycles. The highest BCUT2D eigenvalue weighted by molar-refractivity contribution is 9.10. The highest BCUT2D eigenvalue weighted by Crippen LogP contribution is 2.24. The van der Waals surface area contributed by atoms with Crippen LogP contribution in [0.1, 0.15) is 5.56 Å². The topological polar surface area (TPSA) is 59.4 Å². The first-order valence-corrected chi connectivity index (χ1v) is 6.34. The Labute approximate surface area is 122 Å². The largest absolute Gasteiger partial charge is 0.478 e. The standard InChI is InChI=1S/C14H9BrFNO3/c15-11-4-3-10(7-12(11)16)20-13-5-1-9(8-17-13)2-6-14(18)19/h1-8H,(H,18,19)/b6-2+. The molecule has 1 aromatic heterocycles. The monoisotopic (exact) mass is 337 g/mol. The van der Waals surface area contributed by atoms with Crippen molar-refractivity contribution in [3.63, 3.8) is 0 Å². The number of halogens is 2. The van der Waals surface area contributed by atoms with E-state index in [0.29, 0.717) is 21.7 Å². The summed E-state index contributed by atoms with van der Waals surface area (Å²) in [4.78, 5) is 14.4. The van der Waals surface area contributed by atoms with Gasteiger partial charge in [0, 0.05) is 24.4 Å². The summed E-state index contributed by atoms with van der Waals surface area (Å²) in [6.45, 7) is 0. The summed E-state index contributed by atoms with van der Waals surface area (Å²) in [7, 11) is 0. The van der Waals surface area contributed by atoms with Gasteiger partial charge in [-0.2, -0.15) is 0 Å². The molecule has 1 N–H and O–H groups in total. The fourth-order valence-electron chi connectivity index (χ4n) is 1.38. The minimum atomic E-state index is -1.03. The van der Waals surface area contributed by atoms with Crippen molar-refractivity contribution in [2.24, 2.45) is 0 Å². The highest BCUT2D eigenvalue weighted by Gasteiger charge is 2.03. The van der Waals surface area contributed by atoms with Crippen LogP contribution in [-0.4, -0.2) is 16.1 Å². The van der Waals surface area contributed by atoms with Gasteiger partial charge in [-0.1, -0.05) is 0 Å². The first-order valence-electron chi connectivity index (χ1n) is 5.54. The third kappa shape index (κ3) is 3.89. The molecule has 1 heterocycles. The van der Waals surface area contributed by atoms with E-state index in [4.69, 9.17) is 9.84 Å². The lowest BCUT2D eigenvalue weighted by molar-refractivity contribution is -0.131. The van der Waals surface area contributed by atoms with Crippen molar-refractivity contribution in [2.45, 2.75) is 0 Å². The summed E-state index contributed by atoms with van der Waals surface area (Å²) in [5, 5.41) is 8.50. The molecule has 0 saturated heterocycles. The van der Waals surface area contributed by atoms with Gasteiger partial charge in [-0.3, -0.25) is 0 Å². The zero-order valence-electron chi connectivity index (χ0n) is 10.1. The van der Waals surface area contributed by atoms with E-state index in [1.165, 1.54) is 24.4 Å². The van der Waals surface area contributed by atoms with Crippen LogP contribution in [-0.2, 0) is 4.79 Å². The maximum absolute atomic E-state index is 13.3. The van der Waals surface area contributed by atoms with Gasteiger partial charge in [-0.15, -0.1) is 0 Å². The molecule has 2 rings (SSSR count). The summed E-state index contributed by atoms with van der Waals surface area (Å²) in [6.07, 6.45) is 3.89. The van der Waals surface area contributed by atoms with Crippen molar-refractivity contribution in [2.75, 3.05) is 0 Å². The third-order valence-corrected chi connectivity index (χ3v) is 2.93. The quantitative estimate of drug-likeness (QED) is 0.860. The van der Waals surface area contributed by atoms with E-state index in [1.807, 2.05) is 0 Å². The fraction of sp³-hybridized carbons (Fsp3) is 0. The zero-order chi connectivity index (χ0) is 14.5. The predicted molar refractivity (Wildman–Crippen MR) is 75.1 cm³/mol. The molecule has 0 fully saturated rings. The molecule has 0 radical (unpaired) electrons. The summed E-state index contributed by atoms with van der Waals surface area (Å²) in [5.41, 5.74) is 0.627. The molecular weight excluding hydrogens is 329 g/mol. The van der Waals surface area contributed by atoms with Gasteiger partial charge in [0.25, 0.3) is 0 Å². The number of carbonyl (C=O) groups is 1. The van der Waals surface area contributed by atoms with Gasteiger partial charge >= 0.3 is 5.97 Å². The first kappa shape index (κ1) is 14.2. The van der Waals surface area contributed by atoms with Gasteiger partial charge in [0.1, 0.15) is 11.6 Å². The molecule has 0 aliphatic carbocycles. The second-order valence-corrected chi connectivity index (χ2v) is 4.63. The lowest BCUT2D eigenvalue weighted by Gasteiger charge is -2.05. The number of rotatable bonds is 4. The van der Waals surface area contributed by atoms with Crippen molar-refractivity contribution in [3.8, 4) is 11.6 Å². The number of nitrogens with zero attached hydrogens (tertiary/aromatic N) is 1. The van der Waals surface area contributed by atoms with Crippen molar-refractivity contribution < 1.29 is 19.0 Å². The molecule has 6 heteroatoms. The van der Waals surface area contributed by atoms with Crippen LogP contribution in [0.2, 0.25) is 0 Å². The van der Waals surface area contributed by atoms with Crippen LogP contribution in [0.5, 0.6) is 11.6 Å². The summed E-state index contributed by atoms with van der Waals surface area (Å²) >= 11 is 3.05. The molecule has 0 spiro atoms. The van der Waals surface area contributed by atoms with Gasteiger partial charge < -0.3 is 9.84 Å². The summed E-state index contributed by atoms with van der Waals surface area (Å²) in [5.74, 6) is -0.842. The van der Waals surface area contributed by atoms with Gasteiger partial charge in [0.15, 0.2) is 0 Å². The average Bonchev–Trinajstić information content (AvgIpc) is 2.42. The number of aliphatic carboxylic acids is 1. The van der Waals surface area contributed by atoms with E-state index in [1.54, 1.807) is 18.2 Å². The Balaban J connectivity index is 2.10. The summed E-state index contributed by atoms with van der Waals surface area (Å²) in [6, 6.07) is 7.60. The molecule has 2 aromatic rings. The summed E-state index contributed by atoms with van der Waals surface area (Å²) < 4.78 is 19.0. The average molecular weight is 338 g/mol. The van der Waals surface area contributed by atoms with E-state index in [-0.39, 0.29) is 0 Å². The molecule has 0 bridgehead atoms. The molecule has 20 heavy (non-hydrogen) atoms. The maximum atomic E-state index is 13.3. The van der Waals surface area contributed by atoms with Crippen molar-refractivity contribution in [3.05, 3.63) is 58.5 Å². The molecule has 4 nitrogen and oxygen atoms in total. The third-order valence-electron chi connectivity index (χ3n) is 2.29. The van der Waals surface area contributed by atoms with E-state index >= 15 is 0 Å². The maximum Gasteiger partial charge on any atom is 0.328 e. The fourth-order valence-corrected chi connectivity index (χ4v) is 1.63. The van der Waals surface area contributed by atoms with Crippen LogP contribution in [0.25, 0.3) is 6.08 Å². The Bertz CT molecular complexity index is 656. The number of pyridine rings is 1. The normalized spacial score (nSPS) is 10.7. The second-order valence-electron chi connectivity index (χ2n) is 3.78. The van der Waals surface area contributed by atoms with Gasteiger partial charge in [0.05, 0.1) is 4.47 Å². The second kappa shape index (κ2) is 6.29. The molecule has 1 aromatic carbocycles. The SMILES string of the molecule is O=C(O)/C=C/c1ccc(Oc2ccc(Br)c(F)c2)nc1. The highest BCUT2D eigenvalue weighted by atomic mass is 79.9. The molecule has 0 aliphatic rings. The van der Waals surface area contributed by atoms with E-state index in [0.717, 1.165) is 6.08 Å². The Morgan fingerprint density at radius 1 is 1.35 bits per heavy atom. The Hall–Kier alpha value is -2.21. The minimum Gasteiger partial charge on any atom is -0.478 e. The van der Waals surface area contributed by atoms with E-state index in [9.17, 15) is 9.18 Å². The molecule has 102 valence electrons. The number of benzene rings is 1. The molecule has 0 saturated carbocycles. The van der Waals surface area contributed by atoms with Crippen LogP contribution < -0.4 is 4.74 Å². The van der Waals surface area contributed by atoms with Crippen molar-refractivity contribution >= 4 is 28.0 Å². The molecule has 0 atom stereocenters. The van der Waals surface area contributed by atoms with E-state index in [2.05, 4.69) is 20.9 Å². The van der Waals surface area contributed by atoms with Gasteiger partial charge in [0.2, 0.25) is 5.88 Å². The van der Waals surface area contributed by atoms with Crippen LogP contribution in [0.3, 0.4) is 0 Å². The first-order chi connectivity index (χ1) is 9.54. The molecule has 0 amide bonds. The zero-order valence-corrected chi connectivity index (χ0v) is 11.7. The number of carboxylic acids is 1. The smallest absolute Gasteiger partial charge is 0.328 e. The predicted octanol–water partition coefficient (Wildman–Crippen LogP) is 3.87. The van der Waals surface area contributed by atoms with Crippen LogP contribution >= 0.6 is 15.9 Å². The Morgan fingerprint density at radius 2 is 2.15 bits per heavy atom. The number of aromatic nitrogens is 1. The van der Waals surface area contributed by atoms with Gasteiger partial charge in [-0.25, -0.2) is 14.2 Å². The minimum absolute atomic E-state index is 0.291. The van der Waals surface area contributed by atoms with E-state index < -0.39 is 11.8 Å². The van der Waals surface area contributed by atoms with Crippen molar-refractivity contribution in [1.29, 1.82) is 0 Å². The number of carboxylic acid groups (broad SMARTS) is 1. The number of hydrogen-bond donors (Lipinski definition) is 1. The molecular formula is C14H9BrFNO3. The number of hydrogen-bond acceptors (Lipinski definition) is 3. The van der Waals surface area contributed by atoms with Crippen molar-refractivity contribution in [1.82, 2.24) is 4.98 Å². The van der Waals surface area contributed by atoms with Gasteiger partial charge in [-0.05, 0) is 45.8 Å². The van der Waals surface area contributed by atoms with Crippen LogP contribution in [0.15, 0.2) is 47.1 Å². The Kier molecular flexibility index (Phi) is 4.47.